The number of piperidine rings is 2. The van der Waals surface area contributed by atoms with Gasteiger partial charge >= 0.3 is 5.97 Å². The van der Waals surface area contributed by atoms with E-state index in [1.54, 1.807) is 0 Å². The molecule has 2 aliphatic heterocycles. The largest absolute Gasteiger partial charge is 0.465 e. The molecule has 1 aromatic rings. The Labute approximate surface area is 161 Å². The molecule has 2 saturated heterocycles. The Balaban J connectivity index is 1.44. The molecular formula is C21H31N3O3. The van der Waals surface area contributed by atoms with Crippen molar-refractivity contribution in [2.45, 2.75) is 38.5 Å². The van der Waals surface area contributed by atoms with Crippen molar-refractivity contribution >= 4 is 17.6 Å². The fourth-order valence-electron chi connectivity index (χ4n) is 3.98. The number of hydrogen-bond acceptors (Lipinski definition) is 5. The van der Waals surface area contributed by atoms with E-state index in [1.807, 2.05) is 19.1 Å². The molecule has 148 valence electrons. The number of rotatable bonds is 6. The number of esters is 1. The van der Waals surface area contributed by atoms with E-state index in [-0.39, 0.29) is 17.8 Å². The van der Waals surface area contributed by atoms with Gasteiger partial charge in [-0.25, -0.2) is 0 Å². The first kappa shape index (κ1) is 19.8. The molecule has 6 nitrogen and oxygen atoms in total. The zero-order valence-corrected chi connectivity index (χ0v) is 16.2. The highest BCUT2D eigenvalue weighted by Crippen LogP contribution is 2.26. The van der Waals surface area contributed by atoms with Crippen molar-refractivity contribution in [2.24, 2.45) is 5.92 Å². The van der Waals surface area contributed by atoms with Gasteiger partial charge in [-0.2, -0.15) is 0 Å². The van der Waals surface area contributed by atoms with Gasteiger partial charge in [-0.05, 0) is 82.4 Å². The molecule has 0 radical (unpaired) electrons. The van der Waals surface area contributed by atoms with Crippen molar-refractivity contribution in [3.63, 3.8) is 0 Å². The molecule has 0 bridgehead atoms. The van der Waals surface area contributed by atoms with Crippen LogP contribution in [0.15, 0.2) is 24.3 Å². The average Bonchev–Trinajstić information content (AvgIpc) is 2.70. The standard InChI is InChI=1S/C21H31N3O3/c1-2-27-20(25)15-24-13-9-18(10-14-24)21(26)23-19-5-3-16(4-6-19)17-7-11-22-12-8-17/h3-6,17-18,22H,2,7-15H2,1H3,(H,23,26). The second kappa shape index (κ2) is 9.85. The summed E-state index contributed by atoms with van der Waals surface area (Å²) in [4.78, 5) is 26.2. The van der Waals surface area contributed by atoms with E-state index in [9.17, 15) is 9.59 Å². The van der Waals surface area contributed by atoms with Gasteiger partial charge in [0.25, 0.3) is 0 Å². The Morgan fingerprint density at radius 2 is 1.78 bits per heavy atom. The number of carbonyl (C=O) groups is 2. The van der Waals surface area contributed by atoms with Crippen LogP contribution < -0.4 is 10.6 Å². The molecule has 3 rings (SSSR count). The fourth-order valence-corrected chi connectivity index (χ4v) is 3.98. The second-order valence-corrected chi connectivity index (χ2v) is 7.49. The number of ether oxygens (including phenoxy) is 1. The minimum Gasteiger partial charge on any atom is -0.465 e. The van der Waals surface area contributed by atoms with Crippen LogP contribution >= 0.6 is 0 Å². The number of benzene rings is 1. The lowest BCUT2D eigenvalue weighted by Gasteiger charge is -2.30. The third kappa shape index (κ3) is 5.78. The Bertz CT molecular complexity index is 618. The highest BCUT2D eigenvalue weighted by atomic mass is 16.5. The number of hydrogen-bond donors (Lipinski definition) is 2. The van der Waals surface area contributed by atoms with Gasteiger partial charge in [-0.3, -0.25) is 14.5 Å². The molecule has 0 unspecified atom stereocenters. The van der Waals surface area contributed by atoms with Gasteiger partial charge in [0.05, 0.1) is 13.2 Å². The molecule has 0 aromatic heterocycles. The van der Waals surface area contributed by atoms with Gasteiger partial charge in [-0.1, -0.05) is 12.1 Å². The summed E-state index contributed by atoms with van der Waals surface area (Å²) in [6, 6.07) is 8.33. The maximum Gasteiger partial charge on any atom is 0.320 e. The molecule has 2 fully saturated rings. The monoisotopic (exact) mass is 373 g/mol. The minimum absolute atomic E-state index is 0.00698. The molecule has 27 heavy (non-hydrogen) atoms. The van der Waals surface area contributed by atoms with Crippen LogP contribution in [0.4, 0.5) is 5.69 Å². The Morgan fingerprint density at radius 3 is 2.41 bits per heavy atom. The molecule has 1 amide bonds. The van der Waals surface area contributed by atoms with Crippen LogP contribution in [0.1, 0.15) is 44.1 Å². The molecule has 0 saturated carbocycles. The van der Waals surface area contributed by atoms with E-state index in [2.05, 4.69) is 27.7 Å². The van der Waals surface area contributed by atoms with Crippen LogP contribution in [-0.4, -0.2) is 56.1 Å². The third-order valence-corrected chi connectivity index (χ3v) is 5.61. The summed E-state index contributed by atoms with van der Waals surface area (Å²) in [5.74, 6) is 0.530. The molecular weight excluding hydrogens is 342 g/mol. The Morgan fingerprint density at radius 1 is 1.11 bits per heavy atom. The first-order valence-electron chi connectivity index (χ1n) is 10.1. The van der Waals surface area contributed by atoms with Gasteiger partial charge in [0.2, 0.25) is 5.91 Å². The summed E-state index contributed by atoms with van der Waals surface area (Å²) in [5, 5.41) is 6.45. The van der Waals surface area contributed by atoms with E-state index in [1.165, 1.54) is 18.4 Å². The van der Waals surface area contributed by atoms with Gasteiger partial charge in [-0.15, -0.1) is 0 Å². The number of amides is 1. The molecule has 6 heteroatoms. The molecule has 0 aliphatic carbocycles. The first-order chi connectivity index (χ1) is 13.2. The van der Waals surface area contributed by atoms with Crippen molar-refractivity contribution in [1.82, 2.24) is 10.2 Å². The SMILES string of the molecule is CCOC(=O)CN1CCC(C(=O)Nc2ccc(C3CCNCC3)cc2)CC1. The van der Waals surface area contributed by atoms with Gasteiger partial charge in [0, 0.05) is 11.6 Å². The quantitative estimate of drug-likeness (QED) is 0.749. The second-order valence-electron chi connectivity index (χ2n) is 7.49. The van der Waals surface area contributed by atoms with Crippen molar-refractivity contribution in [3.8, 4) is 0 Å². The van der Waals surface area contributed by atoms with E-state index in [0.29, 0.717) is 19.1 Å². The summed E-state index contributed by atoms with van der Waals surface area (Å²) in [6.45, 7) is 6.22. The van der Waals surface area contributed by atoms with Crippen molar-refractivity contribution in [2.75, 3.05) is 44.6 Å². The predicted octanol–water partition coefficient (Wildman–Crippen LogP) is 2.37. The number of carbonyl (C=O) groups excluding carboxylic acids is 2. The lowest BCUT2D eigenvalue weighted by molar-refractivity contribution is -0.144. The average molecular weight is 373 g/mol. The summed E-state index contributed by atoms with van der Waals surface area (Å²) in [5.41, 5.74) is 2.23. The van der Waals surface area contributed by atoms with Crippen LogP contribution in [-0.2, 0) is 14.3 Å². The maximum absolute atomic E-state index is 12.6. The van der Waals surface area contributed by atoms with Crippen molar-refractivity contribution in [1.29, 1.82) is 0 Å². The zero-order valence-electron chi connectivity index (χ0n) is 16.2. The molecule has 1 aromatic carbocycles. The van der Waals surface area contributed by atoms with Gasteiger partial charge < -0.3 is 15.4 Å². The Kier molecular flexibility index (Phi) is 7.24. The number of nitrogens with one attached hydrogen (secondary N) is 2. The van der Waals surface area contributed by atoms with E-state index in [0.717, 1.165) is 44.7 Å². The molecule has 2 aliphatic rings. The van der Waals surface area contributed by atoms with Gasteiger partial charge in [0.15, 0.2) is 0 Å². The normalized spacial score (nSPS) is 19.6. The van der Waals surface area contributed by atoms with Crippen LogP contribution in [0.5, 0.6) is 0 Å². The van der Waals surface area contributed by atoms with E-state index >= 15 is 0 Å². The number of anilines is 1. The maximum atomic E-state index is 12.6. The molecule has 0 spiro atoms. The van der Waals surface area contributed by atoms with Crippen LogP contribution in [0.3, 0.4) is 0 Å². The fraction of sp³-hybridized carbons (Fsp3) is 0.619. The summed E-state index contributed by atoms with van der Waals surface area (Å²) < 4.78 is 4.99. The van der Waals surface area contributed by atoms with Crippen LogP contribution in [0.25, 0.3) is 0 Å². The summed E-state index contributed by atoms with van der Waals surface area (Å²) in [7, 11) is 0. The smallest absolute Gasteiger partial charge is 0.320 e. The number of nitrogens with zero attached hydrogens (tertiary/aromatic N) is 1. The molecule has 2 heterocycles. The topological polar surface area (TPSA) is 70.7 Å². The van der Waals surface area contributed by atoms with Crippen molar-refractivity contribution in [3.05, 3.63) is 29.8 Å². The van der Waals surface area contributed by atoms with Crippen LogP contribution in [0, 0.1) is 5.92 Å². The summed E-state index contributed by atoms with van der Waals surface area (Å²) >= 11 is 0. The Hall–Kier alpha value is -1.92. The highest BCUT2D eigenvalue weighted by Gasteiger charge is 2.26. The minimum atomic E-state index is -0.186. The highest BCUT2D eigenvalue weighted by molar-refractivity contribution is 5.92. The summed E-state index contributed by atoms with van der Waals surface area (Å²) in [6.07, 6.45) is 3.91. The van der Waals surface area contributed by atoms with Crippen LogP contribution in [0.2, 0.25) is 0 Å². The third-order valence-electron chi connectivity index (χ3n) is 5.61. The van der Waals surface area contributed by atoms with E-state index < -0.39 is 0 Å². The number of likely N-dealkylation sites (tertiary alicyclic amines) is 1. The zero-order chi connectivity index (χ0) is 19.1. The first-order valence-corrected chi connectivity index (χ1v) is 10.1. The van der Waals surface area contributed by atoms with E-state index in [4.69, 9.17) is 4.74 Å². The lowest BCUT2D eigenvalue weighted by Crippen LogP contribution is -2.41. The molecule has 0 atom stereocenters. The van der Waals surface area contributed by atoms with Gasteiger partial charge in [0.1, 0.15) is 0 Å². The lowest BCUT2D eigenvalue weighted by atomic mass is 9.90. The van der Waals surface area contributed by atoms with Crippen molar-refractivity contribution < 1.29 is 14.3 Å². The predicted molar refractivity (Wildman–Crippen MR) is 106 cm³/mol. The molecule has 2 N–H and O–H groups in total.